The maximum atomic E-state index is 13.4. The van der Waals surface area contributed by atoms with Gasteiger partial charge in [-0.2, -0.15) is 0 Å². The molecular formula is C23H25N3O4S2. The molecule has 0 saturated carbocycles. The molecule has 168 valence electrons. The smallest absolute Gasteiger partial charge is 0.265 e. The van der Waals surface area contributed by atoms with Crippen molar-refractivity contribution >= 4 is 44.3 Å². The molecule has 1 fully saturated rings. The van der Waals surface area contributed by atoms with Gasteiger partial charge in [-0.1, -0.05) is 6.07 Å². The highest BCUT2D eigenvalue weighted by atomic mass is 32.2. The standard InChI is InChI=1S/C23H25N3O4S2/c1-30-19-10-7-17(8-11-19)25-32(28,29)22-16-18(24-23(27)21-6-5-15-31-21)9-12-20(22)26-13-3-2-4-14-26/h5-12,15-16,25H,2-4,13-14H2,1H3,(H,24,27). The predicted molar refractivity (Wildman–Crippen MR) is 129 cm³/mol. The largest absolute Gasteiger partial charge is 0.497 e. The van der Waals surface area contributed by atoms with Crippen molar-refractivity contribution in [3.63, 3.8) is 0 Å². The number of hydrogen-bond acceptors (Lipinski definition) is 6. The third-order valence-electron chi connectivity index (χ3n) is 5.29. The number of carbonyl (C=O) groups excluding carboxylic acids is 1. The van der Waals surface area contributed by atoms with Gasteiger partial charge in [0.05, 0.1) is 17.7 Å². The molecule has 2 N–H and O–H groups in total. The first-order valence-electron chi connectivity index (χ1n) is 10.4. The van der Waals surface area contributed by atoms with Crippen LogP contribution in [0.3, 0.4) is 0 Å². The first-order chi connectivity index (χ1) is 15.5. The zero-order valence-corrected chi connectivity index (χ0v) is 19.3. The summed E-state index contributed by atoms with van der Waals surface area (Å²) < 4.78 is 34.6. The summed E-state index contributed by atoms with van der Waals surface area (Å²) >= 11 is 1.33. The van der Waals surface area contributed by atoms with Crippen LogP contribution in [0.4, 0.5) is 17.1 Å². The lowest BCUT2D eigenvalue weighted by Crippen LogP contribution is -2.31. The SMILES string of the molecule is COc1ccc(NS(=O)(=O)c2cc(NC(=O)c3cccs3)ccc2N2CCCCC2)cc1. The Hall–Kier alpha value is -3.04. The van der Waals surface area contributed by atoms with Crippen LogP contribution >= 0.6 is 11.3 Å². The van der Waals surface area contributed by atoms with Crippen molar-refractivity contribution in [3.8, 4) is 5.75 Å². The molecule has 0 bridgehead atoms. The van der Waals surface area contributed by atoms with Gasteiger partial charge < -0.3 is 15.0 Å². The van der Waals surface area contributed by atoms with Crippen LogP contribution in [0.2, 0.25) is 0 Å². The van der Waals surface area contributed by atoms with E-state index in [1.807, 2.05) is 5.38 Å². The molecule has 1 amide bonds. The minimum atomic E-state index is -3.91. The van der Waals surface area contributed by atoms with E-state index in [1.54, 1.807) is 55.6 Å². The summed E-state index contributed by atoms with van der Waals surface area (Å²) in [5, 5.41) is 4.63. The summed E-state index contributed by atoms with van der Waals surface area (Å²) in [6.45, 7) is 1.60. The van der Waals surface area contributed by atoms with Gasteiger partial charge in [-0.25, -0.2) is 8.42 Å². The normalized spacial score (nSPS) is 14.1. The maximum absolute atomic E-state index is 13.4. The van der Waals surface area contributed by atoms with Crippen molar-refractivity contribution < 1.29 is 17.9 Å². The fourth-order valence-electron chi connectivity index (χ4n) is 3.67. The monoisotopic (exact) mass is 471 g/mol. The molecule has 7 nitrogen and oxygen atoms in total. The first kappa shape index (κ1) is 22.2. The van der Waals surface area contributed by atoms with Crippen molar-refractivity contribution in [2.45, 2.75) is 24.2 Å². The number of piperidine rings is 1. The highest BCUT2D eigenvalue weighted by Gasteiger charge is 2.24. The molecule has 0 radical (unpaired) electrons. The lowest BCUT2D eigenvalue weighted by atomic mass is 10.1. The Kier molecular flexibility index (Phi) is 6.66. The van der Waals surface area contributed by atoms with Crippen molar-refractivity contribution in [3.05, 3.63) is 64.9 Å². The molecular weight excluding hydrogens is 446 g/mol. The van der Waals surface area contributed by atoms with Gasteiger partial charge in [0.15, 0.2) is 0 Å². The molecule has 0 unspecified atom stereocenters. The van der Waals surface area contributed by atoms with Gasteiger partial charge in [0, 0.05) is 24.5 Å². The molecule has 0 atom stereocenters. The van der Waals surface area contributed by atoms with Crippen molar-refractivity contribution in [2.24, 2.45) is 0 Å². The van der Waals surface area contributed by atoms with Crippen LogP contribution in [0, 0.1) is 0 Å². The highest BCUT2D eigenvalue weighted by molar-refractivity contribution is 7.92. The lowest BCUT2D eigenvalue weighted by Gasteiger charge is -2.30. The molecule has 9 heteroatoms. The minimum absolute atomic E-state index is 0.138. The van der Waals surface area contributed by atoms with Gasteiger partial charge in [0.25, 0.3) is 15.9 Å². The van der Waals surface area contributed by atoms with Crippen LogP contribution in [0.15, 0.2) is 64.9 Å². The molecule has 32 heavy (non-hydrogen) atoms. The molecule has 2 heterocycles. The van der Waals surface area contributed by atoms with E-state index in [-0.39, 0.29) is 10.8 Å². The second kappa shape index (κ2) is 9.62. The molecule has 2 aromatic carbocycles. The van der Waals surface area contributed by atoms with Crippen LogP contribution in [0.25, 0.3) is 0 Å². The van der Waals surface area contributed by atoms with Crippen LogP contribution in [0.1, 0.15) is 28.9 Å². The van der Waals surface area contributed by atoms with Crippen molar-refractivity contribution in [2.75, 3.05) is 35.1 Å². The van der Waals surface area contributed by atoms with E-state index in [1.165, 1.54) is 17.4 Å². The van der Waals surface area contributed by atoms with E-state index in [9.17, 15) is 13.2 Å². The van der Waals surface area contributed by atoms with Gasteiger partial charge in [0.2, 0.25) is 0 Å². The van der Waals surface area contributed by atoms with E-state index in [0.717, 1.165) is 32.4 Å². The topological polar surface area (TPSA) is 87.7 Å². The molecule has 1 aromatic heterocycles. The highest BCUT2D eigenvalue weighted by Crippen LogP contribution is 2.32. The van der Waals surface area contributed by atoms with Gasteiger partial charge in [-0.15, -0.1) is 11.3 Å². The molecule has 1 aliphatic heterocycles. The zero-order chi connectivity index (χ0) is 22.6. The number of nitrogens with zero attached hydrogens (tertiary/aromatic N) is 1. The Morgan fingerprint density at radius 1 is 1.00 bits per heavy atom. The average Bonchev–Trinajstić information content (AvgIpc) is 3.35. The number of rotatable bonds is 7. The summed E-state index contributed by atoms with van der Waals surface area (Å²) in [4.78, 5) is 15.3. The molecule has 1 saturated heterocycles. The van der Waals surface area contributed by atoms with E-state index in [2.05, 4.69) is 14.9 Å². The van der Waals surface area contributed by atoms with Crippen molar-refractivity contribution in [1.29, 1.82) is 0 Å². The van der Waals surface area contributed by atoms with Gasteiger partial charge in [-0.3, -0.25) is 9.52 Å². The number of ether oxygens (including phenoxy) is 1. The fourth-order valence-corrected chi connectivity index (χ4v) is 5.60. The molecule has 1 aliphatic rings. The van der Waals surface area contributed by atoms with Gasteiger partial charge in [-0.05, 0) is 73.2 Å². The van der Waals surface area contributed by atoms with Gasteiger partial charge in [0.1, 0.15) is 10.6 Å². The number of benzene rings is 2. The van der Waals surface area contributed by atoms with Crippen LogP contribution in [-0.4, -0.2) is 34.5 Å². The summed E-state index contributed by atoms with van der Waals surface area (Å²) in [6.07, 6.45) is 3.17. The van der Waals surface area contributed by atoms with Crippen LogP contribution < -0.4 is 19.7 Å². The Labute approximate surface area is 192 Å². The number of carbonyl (C=O) groups is 1. The van der Waals surface area contributed by atoms with E-state index in [4.69, 9.17) is 4.74 Å². The molecule has 0 aliphatic carbocycles. The Bertz CT molecular complexity index is 1170. The number of methoxy groups -OCH3 is 1. The van der Waals surface area contributed by atoms with Crippen LogP contribution in [0.5, 0.6) is 5.75 Å². The second-order valence-electron chi connectivity index (χ2n) is 7.50. The van der Waals surface area contributed by atoms with Crippen molar-refractivity contribution in [1.82, 2.24) is 0 Å². The summed E-state index contributed by atoms with van der Waals surface area (Å²) in [6, 6.07) is 15.3. The quantitative estimate of drug-likeness (QED) is 0.517. The number of amides is 1. The molecule has 4 rings (SSSR count). The van der Waals surface area contributed by atoms with Gasteiger partial charge >= 0.3 is 0 Å². The number of nitrogens with one attached hydrogen (secondary N) is 2. The zero-order valence-electron chi connectivity index (χ0n) is 17.7. The third kappa shape index (κ3) is 5.05. The average molecular weight is 472 g/mol. The van der Waals surface area contributed by atoms with Crippen LogP contribution in [-0.2, 0) is 10.0 Å². The van der Waals surface area contributed by atoms with E-state index in [0.29, 0.717) is 27.7 Å². The van der Waals surface area contributed by atoms with E-state index < -0.39 is 10.0 Å². The Morgan fingerprint density at radius 3 is 2.38 bits per heavy atom. The Balaban J connectivity index is 1.67. The fraction of sp³-hybridized carbons (Fsp3) is 0.261. The third-order valence-corrected chi connectivity index (χ3v) is 7.57. The predicted octanol–water partition coefficient (Wildman–Crippen LogP) is 4.80. The number of hydrogen-bond donors (Lipinski definition) is 2. The first-order valence-corrected chi connectivity index (χ1v) is 12.7. The number of sulfonamides is 1. The summed E-state index contributed by atoms with van der Waals surface area (Å²) in [5.74, 6) is 0.373. The van der Waals surface area contributed by atoms with E-state index >= 15 is 0 Å². The molecule has 0 spiro atoms. The Morgan fingerprint density at radius 2 is 1.72 bits per heavy atom. The maximum Gasteiger partial charge on any atom is 0.265 e. The lowest BCUT2D eigenvalue weighted by molar-refractivity contribution is 0.103. The minimum Gasteiger partial charge on any atom is -0.497 e. The second-order valence-corrected chi connectivity index (χ2v) is 10.1. The number of thiophene rings is 1. The summed E-state index contributed by atoms with van der Waals surface area (Å²) in [7, 11) is -2.35. The summed E-state index contributed by atoms with van der Waals surface area (Å²) in [5.41, 5.74) is 1.50. The molecule has 3 aromatic rings. The number of anilines is 3.